The van der Waals surface area contributed by atoms with Crippen LogP contribution in [0, 0.1) is 0 Å². The molecule has 2 aliphatic rings. The summed E-state index contributed by atoms with van der Waals surface area (Å²) >= 11 is 6.49. The number of halogens is 1. The smallest absolute Gasteiger partial charge is 0.119 e. The summed E-state index contributed by atoms with van der Waals surface area (Å²) in [6.07, 6.45) is 5.40. The highest BCUT2D eigenvalue weighted by Crippen LogP contribution is 2.33. The van der Waals surface area contributed by atoms with Gasteiger partial charge in [0.15, 0.2) is 0 Å². The molecule has 0 spiro atoms. The number of hydrogen-bond acceptors (Lipinski definition) is 5. The second kappa shape index (κ2) is 14.1. The first-order valence-corrected chi connectivity index (χ1v) is 13.0. The van der Waals surface area contributed by atoms with Crippen molar-refractivity contribution in [3.8, 4) is 5.75 Å². The van der Waals surface area contributed by atoms with E-state index >= 15 is 0 Å². The lowest BCUT2D eigenvalue weighted by Gasteiger charge is -2.22. The Morgan fingerprint density at radius 2 is 1.76 bits per heavy atom. The fraction of sp³-hybridized carbons (Fsp3) is 0.571. The molecular formula is C28H39ClO5. The fourth-order valence-electron chi connectivity index (χ4n) is 4.04. The summed E-state index contributed by atoms with van der Waals surface area (Å²) in [6.45, 7) is 5.38. The van der Waals surface area contributed by atoms with E-state index in [9.17, 15) is 10.2 Å². The Morgan fingerprint density at radius 3 is 2.47 bits per heavy atom. The van der Waals surface area contributed by atoms with Gasteiger partial charge in [-0.1, -0.05) is 49.7 Å². The molecule has 2 N–H and O–H groups in total. The number of aliphatic hydroxyl groups excluding tert-OH is 2. The first-order chi connectivity index (χ1) is 16.6. The van der Waals surface area contributed by atoms with Crippen molar-refractivity contribution < 1.29 is 24.4 Å². The molecule has 1 aliphatic carbocycles. The molecule has 6 heteroatoms. The normalized spacial score (nSPS) is 22.4. The van der Waals surface area contributed by atoms with Gasteiger partial charge < -0.3 is 24.4 Å². The van der Waals surface area contributed by atoms with Gasteiger partial charge in [-0.05, 0) is 67.0 Å². The van der Waals surface area contributed by atoms with Crippen LogP contribution in [0.3, 0.4) is 0 Å². The molecule has 0 amide bonds. The third kappa shape index (κ3) is 8.54. The molecule has 2 fully saturated rings. The minimum Gasteiger partial charge on any atom is -0.494 e. The Hall–Kier alpha value is -1.63. The van der Waals surface area contributed by atoms with Crippen LogP contribution in [-0.2, 0) is 15.9 Å². The van der Waals surface area contributed by atoms with Crippen LogP contribution in [0.1, 0.15) is 75.2 Å². The Balaban J connectivity index is 0.00000158. The van der Waals surface area contributed by atoms with Crippen molar-refractivity contribution in [3.05, 3.63) is 64.2 Å². The van der Waals surface area contributed by atoms with Gasteiger partial charge in [0.2, 0.25) is 0 Å². The lowest BCUT2D eigenvalue weighted by Crippen LogP contribution is -2.18. The van der Waals surface area contributed by atoms with E-state index in [0.29, 0.717) is 43.4 Å². The van der Waals surface area contributed by atoms with Gasteiger partial charge in [-0.15, -0.1) is 0 Å². The topological polar surface area (TPSA) is 68.2 Å². The Morgan fingerprint density at radius 1 is 1.00 bits per heavy atom. The van der Waals surface area contributed by atoms with E-state index in [0.717, 1.165) is 35.5 Å². The lowest BCUT2D eigenvalue weighted by atomic mass is 9.97. The minimum atomic E-state index is -0.427. The van der Waals surface area contributed by atoms with Gasteiger partial charge in [-0.3, -0.25) is 0 Å². The molecule has 1 saturated carbocycles. The SMILES string of the molecule is CC.OC[C@@H]1CCC(O)C[C@H](c2ccc(Cl)c(Cc3ccc(OCCCOC4CC4)cc3)c2)O1. The van der Waals surface area contributed by atoms with Crippen LogP contribution < -0.4 is 4.74 Å². The van der Waals surface area contributed by atoms with Gasteiger partial charge >= 0.3 is 0 Å². The summed E-state index contributed by atoms with van der Waals surface area (Å²) in [5, 5.41) is 20.5. The molecule has 3 atom stereocenters. The predicted octanol–water partition coefficient (Wildman–Crippen LogP) is 5.87. The van der Waals surface area contributed by atoms with Gasteiger partial charge in [-0.25, -0.2) is 0 Å². The molecule has 1 saturated heterocycles. The van der Waals surface area contributed by atoms with Crippen LogP contribution in [0.5, 0.6) is 5.75 Å². The van der Waals surface area contributed by atoms with E-state index < -0.39 is 6.10 Å². The average molecular weight is 491 g/mol. The lowest BCUT2D eigenvalue weighted by molar-refractivity contribution is -0.0409. The average Bonchev–Trinajstić information content (AvgIpc) is 3.70. The van der Waals surface area contributed by atoms with Crippen molar-refractivity contribution in [1.29, 1.82) is 0 Å². The molecule has 1 heterocycles. The number of aliphatic hydroxyl groups is 2. The molecule has 1 aliphatic heterocycles. The van der Waals surface area contributed by atoms with Crippen molar-refractivity contribution in [3.63, 3.8) is 0 Å². The first kappa shape index (κ1) is 27.0. The van der Waals surface area contributed by atoms with E-state index in [-0.39, 0.29) is 18.8 Å². The van der Waals surface area contributed by atoms with Gasteiger partial charge in [0.25, 0.3) is 0 Å². The molecule has 2 aromatic rings. The maximum Gasteiger partial charge on any atom is 0.119 e. The second-order valence-corrected chi connectivity index (χ2v) is 9.25. The van der Waals surface area contributed by atoms with Crippen molar-refractivity contribution in [2.75, 3.05) is 19.8 Å². The van der Waals surface area contributed by atoms with Gasteiger partial charge in [0.1, 0.15) is 5.75 Å². The van der Waals surface area contributed by atoms with Crippen LogP contribution in [-0.4, -0.2) is 48.3 Å². The van der Waals surface area contributed by atoms with Gasteiger partial charge in [0.05, 0.1) is 44.2 Å². The monoisotopic (exact) mass is 490 g/mol. The van der Waals surface area contributed by atoms with E-state index in [4.69, 9.17) is 25.8 Å². The molecule has 5 nitrogen and oxygen atoms in total. The highest BCUT2D eigenvalue weighted by atomic mass is 35.5. The Bertz CT molecular complexity index is 852. The maximum absolute atomic E-state index is 10.2. The summed E-state index contributed by atoms with van der Waals surface area (Å²) in [4.78, 5) is 0. The zero-order valence-corrected chi connectivity index (χ0v) is 21.2. The summed E-state index contributed by atoms with van der Waals surface area (Å²) in [7, 11) is 0. The summed E-state index contributed by atoms with van der Waals surface area (Å²) in [6, 6.07) is 14.0. The van der Waals surface area contributed by atoms with E-state index in [1.54, 1.807) is 0 Å². The molecule has 34 heavy (non-hydrogen) atoms. The van der Waals surface area contributed by atoms with E-state index in [1.165, 1.54) is 12.8 Å². The number of rotatable bonds is 10. The standard InChI is InChI=1S/C26H33ClO5.C2H6/c27-25-11-4-19(26-16-21(29)5-8-24(17-28)32-26)15-20(25)14-18-2-6-22(7-3-18)30-12-1-13-31-23-9-10-23;1-2/h2-4,6-7,11,15,21,23-24,26,28-29H,1,5,8-10,12-14,16-17H2;1-2H3/t21?,24-,26+;/m0./s1. The summed E-state index contributed by atoms with van der Waals surface area (Å²) < 4.78 is 17.5. The highest BCUT2D eigenvalue weighted by Gasteiger charge is 2.26. The molecule has 188 valence electrons. The zero-order chi connectivity index (χ0) is 24.3. The summed E-state index contributed by atoms with van der Waals surface area (Å²) in [5.41, 5.74) is 3.14. The van der Waals surface area contributed by atoms with Gasteiger partial charge in [-0.2, -0.15) is 0 Å². The number of ether oxygens (including phenoxy) is 3. The van der Waals surface area contributed by atoms with E-state index in [1.807, 2.05) is 38.1 Å². The van der Waals surface area contributed by atoms with Crippen LogP contribution in [0.15, 0.2) is 42.5 Å². The van der Waals surface area contributed by atoms with Gasteiger partial charge in [0, 0.05) is 17.9 Å². The predicted molar refractivity (Wildman–Crippen MR) is 136 cm³/mol. The van der Waals surface area contributed by atoms with Crippen LogP contribution in [0.4, 0.5) is 0 Å². The molecule has 4 rings (SSSR count). The Labute approximate surface area is 209 Å². The minimum absolute atomic E-state index is 0.0361. The zero-order valence-electron chi connectivity index (χ0n) is 20.4. The molecule has 2 aromatic carbocycles. The molecule has 0 aromatic heterocycles. The Kier molecular flexibility index (Phi) is 11.1. The third-order valence-corrected chi connectivity index (χ3v) is 6.43. The number of hydrogen-bond donors (Lipinski definition) is 2. The molecular weight excluding hydrogens is 452 g/mol. The van der Waals surface area contributed by atoms with Crippen LogP contribution in [0.2, 0.25) is 5.02 Å². The maximum atomic E-state index is 10.2. The first-order valence-electron chi connectivity index (χ1n) is 12.7. The summed E-state index contributed by atoms with van der Waals surface area (Å²) in [5.74, 6) is 0.857. The fourth-order valence-corrected chi connectivity index (χ4v) is 4.22. The second-order valence-electron chi connectivity index (χ2n) is 8.84. The van der Waals surface area contributed by atoms with E-state index in [2.05, 4.69) is 18.2 Å². The van der Waals surface area contributed by atoms with Crippen LogP contribution in [0.25, 0.3) is 0 Å². The highest BCUT2D eigenvalue weighted by molar-refractivity contribution is 6.31. The molecule has 0 bridgehead atoms. The van der Waals surface area contributed by atoms with Crippen molar-refractivity contribution in [2.45, 2.75) is 83.2 Å². The van der Waals surface area contributed by atoms with Crippen molar-refractivity contribution in [1.82, 2.24) is 0 Å². The third-order valence-electron chi connectivity index (χ3n) is 6.06. The van der Waals surface area contributed by atoms with Crippen molar-refractivity contribution >= 4 is 11.6 Å². The van der Waals surface area contributed by atoms with Crippen molar-refractivity contribution in [2.24, 2.45) is 0 Å². The quantitative estimate of drug-likeness (QED) is 0.408. The largest absolute Gasteiger partial charge is 0.494 e. The number of benzene rings is 2. The molecule has 1 unspecified atom stereocenters. The van der Waals surface area contributed by atoms with Crippen LogP contribution >= 0.6 is 11.6 Å². The molecule has 0 radical (unpaired) electrons.